The van der Waals surface area contributed by atoms with Gasteiger partial charge in [0.2, 0.25) is 0 Å². The van der Waals surface area contributed by atoms with Crippen LogP contribution in [0.25, 0.3) is 0 Å². The van der Waals surface area contributed by atoms with Crippen LogP contribution in [0, 0.1) is 11.8 Å². The zero-order chi connectivity index (χ0) is 16.4. The maximum Gasteiger partial charge on any atom is 0.135 e. The zero-order valence-corrected chi connectivity index (χ0v) is 15.0. The van der Waals surface area contributed by atoms with Crippen LogP contribution in [0.2, 0.25) is 0 Å². The molecule has 1 heterocycles. The number of rotatable bonds is 11. The topological polar surface area (TPSA) is 38.8 Å². The molecule has 1 rings (SSSR count). The molecule has 130 valence electrons. The van der Waals surface area contributed by atoms with Gasteiger partial charge in [0, 0.05) is 31.5 Å². The molecule has 1 fully saturated rings. The summed E-state index contributed by atoms with van der Waals surface area (Å²) < 4.78 is 11.3. The third-order valence-electron chi connectivity index (χ3n) is 4.36. The van der Waals surface area contributed by atoms with Gasteiger partial charge in [0.05, 0.1) is 19.8 Å². The number of ketones is 1. The molecule has 22 heavy (non-hydrogen) atoms. The Morgan fingerprint density at radius 1 is 1.14 bits per heavy atom. The number of Topliss-reactive ketones (excluding diaryl/α,β-unsaturated/α-hetero) is 1. The quantitative estimate of drug-likeness (QED) is 0.549. The molecule has 0 spiro atoms. The lowest BCUT2D eigenvalue weighted by Crippen LogP contribution is -2.41. The van der Waals surface area contributed by atoms with E-state index in [-0.39, 0.29) is 5.92 Å². The fraction of sp³-hybridized carbons (Fsp3) is 0.944. The van der Waals surface area contributed by atoms with Crippen LogP contribution >= 0.6 is 0 Å². The molecule has 0 aliphatic carbocycles. The molecule has 0 radical (unpaired) electrons. The molecular formula is C18H35NO3. The molecule has 4 heteroatoms. The number of nitrogens with zero attached hydrogens (tertiary/aromatic N) is 1. The van der Waals surface area contributed by atoms with Crippen molar-refractivity contribution in [1.82, 2.24) is 4.90 Å². The van der Waals surface area contributed by atoms with Crippen molar-refractivity contribution in [3.05, 3.63) is 0 Å². The van der Waals surface area contributed by atoms with Crippen LogP contribution in [0.1, 0.15) is 53.4 Å². The summed E-state index contributed by atoms with van der Waals surface area (Å²) in [6.45, 7) is 13.6. The van der Waals surface area contributed by atoms with E-state index < -0.39 is 0 Å². The Morgan fingerprint density at radius 3 is 2.55 bits per heavy atom. The molecular weight excluding hydrogens is 278 g/mol. The van der Waals surface area contributed by atoms with Gasteiger partial charge in [-0.05, 0) is 45.6 Å². The highest BCUT2D eigenvalue weighted by Crippen LogP contribution is 2.18. The van der Waals surface area contributed by atoms with E-state index >= 15 is 0 Å². The monoisotopic (exact) mass is 313 g/mol. The zero-order valence-electron chi connectivity index (χ0n) is 15.0. The van der Waals surface area contributed by atoms with E-state index in [0.717, 1.165) is 19.6 Å². The van der Waals surface area contributed by atoms with Gasteiger partial charge in [0.1, 0.15) is 5.78 Å². The van der Waals surface area contributed by atoms with Gasteiger partial charge in [-0.25, -0.2) is 0 Å². The Kier molecular flexibility index (Phi) is 9.92. The normalized spacial score (nSPS) is 20.0. The number of hydrogen-bond acceptors (Lipinski definition) is 4. The van der Waals surface area contributed by atoms with E-state index in [1.54, 1.807) is 0 Å². The average molecular weight is 313 g/mol. The minimum atomic E-state index is 0.143. The highest BCUT2D eigenvalue weighted by molar-refractivity contribution is 5.80. The second-order valence-electron chi connectivity index (χ2n) is 7.01. The highest BCUT2D eigenvalue weighted by atomic mass is 16.5. The van der Waals surface area contributed by atoms with Crippen LogP contribution in [0.3, 0.4) is 0 Å². The number of ether oxygens (including phenoxy) is 2. The Hall–Kier alpha value is -0.450. The van der Waals surface area contributed by atoms with Crippen molar-refractivity contribution in [2.75, 3.05) is 39.5 Å². The number of carbonyl (C=O) groups excluding carboxylic acids is 1. The number of likely N-dealkylation sites (tertiary alicyclic amines) is 1. The summed E-state index contributed by atoms with van der Waals surface area (Å²) in [5.41, 5.74) is 0. The first-order chi connectivity index (χ1) is 10.5. The highest BCUT2D eigenvalue weighted by Gasteiger charge is 2.21. The van der Waals surface area contributed by atoms with Gasteiger partial charge >= 0.3 is 0 Å². The minimum absolute atomic E-state index is 0.143. The fourth-order valence-electron chi connectivity index (χ4n) is 2.81. The van der Waals surface area contributed by atoms with E-state index in [0.29, 0.717) is 44.0 Å². The molecule has 1 aliphatic rings. The molecule has 1 saturated heterocycles. The number of hydrogen-bond donors (Lipinski definition) is 0. The fourth-order valence-corrected chi connectivity index (χ4v) is 2.81. The van der Waals surface area contributed by atoms with Crippen LogP contribution in [0.15, 0.2) is 0 Å². The van der Waals surface area contributed by atoms with Gasteiger partial charge in [-0.2, -0.15) is 0 Å². The van der Waals surface area contributed by atoms with Gasteiger partial charge in [-0.1, -0.05) is 13.8 Å². The molecule has 0 saturated carbocycles. The van der Waals surface area contributed by atoms with E-state index in [1.165, 1.54) is 19.4 Å². The standard InChI is InChI=1S/C18H35NO3/c1-15(2)18(20)8-6-10-21-11-12-22-14-17-7-5-9-19(13-17)16(3)4/h15-17H,5-14H2,1-4H3. The molecule has 0 aromatic heterocycles. The molecule has 0 aromatic carbocycles. The lowest BCUT2D eigenvalue weighted by molar-refractivity contribution is -0.122. The van der Waals surface area contributed by atoms with Crippen LogP contribution in [0.4, 0.5) is 0 Å². The molecule has 4 nitrogen and oxygen atoms in total. The largest absolute Gasteiger partial charge is 0.379 e. The van der Waals surface area contributed by atoms with Gasteiger partial charge in [-0.3, -0.25) is 4.79 Å². The van der Waals surface area contributed by atoms with Crippen LogP contribution in [0.5, 0.6) is 0 Å². The van der Waals surface area contributed by atoms with Crippen LogP contribution in [-0.4, -0.2) is 56.2 Å². The Bertz CT molecular complexity index is 305. The summed E-state index contributed by atoms with van der Waals surface area (Å²) in [5, 5.41) is 0. The molecule has 0 N–H and O–H groups in total. The van der Waals surface area contributed by atoms with Crippen molar-refractivity contribution < 1.29 is 14.3 Å². The average Bonchev–Trinajstić information content (AvgIpc) is 2.49. The Morgan fingerprint density at radius 2 is 1.86 bits per heavy atom. The summed E-state index contributed by atoms with van der Waals surface area (Å²) in [7, 11) is 0. The second kappa shape index (κ2) is 11.1. The van der Waals surface area contributed by atoms with Crippen molar-refractivity contribution in [1.29, 1.82) is 0 Å². The summed E-state index contributed by atoms with van der Waals surface area (Å²) in [6.07, 6.45) is 4.02. The smallest absolute Gasteiger partial charge is 0.135 e. The van der Waals surface area contributed by atoms with Crippen molar-refractivity contribution >= 4 is 5.78 Å². The third-order valence-corrected chi connectivity index (χ3v) is 4.36. The Labute approximate surface area is 136 Å². The van der Waals surface area contributed by atoms with E-state index in [2.05, 4.69) is 18.7 Å². The van der Waals surface area contributed by atoms with Gasteiger partial charge in [0.25, 0.3) is 0 Å². The first-order valence-electron chi connectivity index (χ1n) is 8.93. The first kappa shape index (κ1) is 19.6. The van der Waals surface area contributed by atoms with E-state index in [9.17, 15) is 4.79 Å². The molecule has 0 bridgehead atoms. The lowest BCUT2D eigenvalue weighted by Gasteiger charge is -2.35. The van der Waals surface area contributed by atoms with E-state index in [4.69, 9.17) is 9.47 Å². The minimum Gasteiger partial charge on any atom is -0.379 e. The van der Waals surface area contributed by atoms with Crippen LogP contribution in [-0.2, 0) is 14.3 Å². The first-order valence-corrected chi connectivity index (χ1v) is 8.93. The third kappa shape index (κ3) is 8.25. The summed E-state index contributed by atoms with van der Waals surface area (Å²) in [6, 6.07) is 0.639. The summed E-state index contributed by atoms with van der Waals surface area (Å²) >= 11 is 0. The maximum absolute atomic E-state index is 11.4. The van der Waals surface area contributed by atoms with Gasteiger partial charge < -0.3 is 14.4 Å². The van der Waals surface area contributed by atoms with Gasteiger partial charge in [0.15, 0.2) is 0 Å². The molecule has 1 aliphatic heterocycles. The van der Waals surface area contributed by atoms with Crippen molar-refractivity contribution in [2.45, 2.75) is 59.4 Å². The predicted octanol–water partition coefficient (Wildman–Crippen LogP) is 3.15. The van der Waals surface area contributed by atoms with Crippen molar-refractivity contribution in [3.8, 4) is 0 Å². The molecule has 1 unspecified atom stereocenters. The second-order valence-corrected chi connectivity index (χ2v) is 7.01. The van der Waals surface area contributed by atoms with E-state index in [1.807, 2.05) is 13.8 Å². The lowest BCUT2D eigenvalue weighted by atomic mass is 9.98. The number of piperidine rings is 1. The summed E-state index contributed by atoms with van der Waals surface area (Å²) in [5.74, 6) is 1.14. The maximum atomic E-state index is 11.4. The van der Waals surface area contributed by atoms with Gasteiger partial charge in [-0.15, -0.1) is 0 Å². The van der Waals surface area contributed by atoms with Crippen LogP contribution < -0.4 is 0 Å². The molecule has 0 aromatic rings. The predicted molar refractivity (Wildman–Crippen MR) is 90.2 cm³/mol. The number of carbonyl (C=O) groups is 1. The molecule has 0 amide bonds. The van der Waals surface area contributed by atoms with Crippen molar-refractivity contribution in [2.24, 2.45) is 11.8 Å². The SMILES string of the molecule is CC(C)C(=O)CCCOCCOCC1CCCN(C(C)C)C1. The van der Waals surface area contributed by atoms with Crippen molar-refractivity contribution in [3.63, 3.8) is 0 Å². The summed E-state index contributed by atoms with van der Waals surface area (Å²) in [4.78, 5) is 14.0. The Balaban J connectivity index is 1.94. The molecule has 1 atom stereocenters.